The molecule has 2 N–H and O–H groups in total. The lowest BCUT2D eigenvalue weighted by Gasteiger charge is -2.03. The van der Waals surface area contributed by atoms with Gasteiger partial charge in [0.1, 0.15) is 10.8 Å². The Morgan fingerprint density at radius 3 is 2.64 bits per heavy atom. The number of nitrogens with zero attached hydrogens (tertiary/aromatic N) is 1. The fourth-order valence-corrected chi connectivity index (χ4v) is 1.04. The summed E-state index contributed by atoms with van der Waals surface area (Å²) in [7, 11) is 1.46. The second-order valence-corrected chi connectivity index (χ2v) is 2.66. The van der Waals surface area contributed by atoms with E-state index in [4.69, 9.17) is 33.7 Å². The summed E-state index contributed by atoms with van der Waals surface area (Å²) in [5, 5.41) is 0.683. The van der Waals surface area contributed by atoms with Gasteiger partial charge >= 0.3 is 0 Å². The van der Waals surface area contributed by atoms with Crippen molar-refractivity contribution in [2.24, 2.45) is 0 Å². The molecule has 0 radical (unpaired) electrons. The number of halogens is 2. The van der Waals surface area contributed by atoms with Crippen molar-refractivity contribution in [2.45, 2.75) is 0 Å². The van der Waals surface area contributed by atoms with E-state index in [1.54, 1.807) is 0 Å². The first-order valence-corrected chi connectivity index (χ1v) is 3.56. The summed E-state index contributed by atoms with van der Waals surface area (Å²) in [6, 6.07) is 1.49. The quantitative estimate of drug-likeness (QED) is 0.741. The number of hydrogen-bond donors (Lipinski definition) is 1. The Kier molecular flexibility index (Phi) is 2.42. The summed E-state index contributed by atoms with van der Waals surface area (Å²) in [5.41, 5.74) is 5.38. The second-order valence-electron chi connectivity index (χ2n) is 1.85. The minimum Gasteiger partial charge on any atom is -0.480 e. The predicted molar refractivity (Wildman–Crippen MR) is 45.2 cm³/mol. The zero-order chi connectivity index (χ0) is 8.43. The Hall–Kier alpha value is -0.670. The van der Waals surface area contributed by atoms with Gasteiger partial charge in [-0.2, -0.15) is 4.98 Å². The molecule has 3 nitrogen and oxygen atoms in total. The third-order valence-corrected chi connectivity index (χ3v) is 1.69. The number of anilines is 1. The average Bonchev–Trinajstić information content (AvgIpc) is 1.97. The number of hydrogen-bond acceptors (Lipinski definition) is 3. The number of ether oxygens (including phenoxy) is 1. The van der Waals surface area contributed by atoms with E-state index in [1.807, 2.05) is 0 Å². The van der Waals surface area contributed by atoms with E-state index in [-0.39, 0.29) is 11.7 Å². The highest BCUT2D eigenvalue weighted by atomic mass is 35.5. The van der Waals surface area contributed by atoms with E-state index >= 15 is 0 Å². The van der Waals surface area contributed by atoms with Gasteiger partial charge in [0.25, 0.3) is 0 Å². The summed E-state index contributed by atoms with van der Waals surface area (Å²) >= 11 is 11.3. The standard InChI is InChI=1S/C6H6Cl2N2O/c1-11-6-4(8)2-3(7)5(9)10-6/h2H,1H3,(H2,9,10). The molecule has 0 bridgehead atoms. The first-order valence-electron chi connectivity index (χ1n) is 2.80. The number of nitrogens with two attached hydrogens (primary N) is 1. The fraction of sp³-hybridized carbons (Fsp3) is 0.167. The fourth-order valence-electron chi connectivity index (χ4n) is 0.606. The zero-order valence-electron chi connectivity index (χ0n) is 5.77. The van der Waals surface area contributed by atoms with Crippen LogP contribution in [0.2, 0.25) is 10.0 Å². The lowest BCUT2D eigenvalue weighted by atomic mass is 10.4. The van der Waals surface area contributed by atoms with E-state index in [2.05, 4.69) is 4.98 Å². The van der Waals surface area contributed by atoms with Crippen molar-refractivity contribution in [1.29, 1.82) is 0 Å². The molecule has 0 atom stereocenters. The summed E-state index contributed by atoms with van der Waals surface area (Å²) in [5.74, 6) is 0.501. The van der Waals surface area contributed by atoms with Gasteiger partial charge in [0, 0.05) is 0 Å². The Morgan fingerprint density at radius 1 is 1.45 bits per heavy atom. The number of nitrogen functional groups attached to an aromatic ring is 1. The SMILES string of the molecule is COc1nc(N)c(Cl)cc1Cl. The third-order valence-electron chi connectivity index (χ3n) is 1.12. The summed E-state index contributed by atoms with van der Waals surface area (Å²) in [6.07, 6.45) is 0. The molecule has 0 aliphatic rings. The van der Waals surface area contributed by atoms with Crippen LogP contribution in [0.25, 0.3) is 0 Å². The average molecular weight is 193 g/mol. The highest BCUT2D eigenvalue weighted by molar-refractivity contribution is 6.36. The van der Waals surface area contributed by atoms with Crippen molar-refractivity contribution < 1.29 is 4.74 Å². The van der Waals surface area contributed by atoms with Crippen molar-refractivity contribution in [1.82, 2.24) is 4.98 Å². The number of rotatable bonds is 1. The molecule has 1 aromatic rings. The molecule has 0 aliphatic heterocycles. The highest BCUT2D eigenvalue weighted by Crippen LogP contribution is 2.28. The molecular weight excluding hydrogens is 187 g/mol. The van der Waals surface area contributed by atoms with Gasteiger partial charge in [0.15, 0.2) is 0 Å². The van der Waals surface area contributed by atoms with E-state index in [0.717, 1.165) is 0 Å². The van der Waals surface area contributed by atoms with Crippen LogP contribution < -0.4 is 10.5 Å². The van der Waals surface area contributed by atoms with Crippen LogP contribution in [0, 0.1) is 0 Å². The maximum Gasteiger partial charge on any atom is 0.234 e. The molecule has 0 saturated carbocycles. The topological polar surface area (TPSA) is 48.1 Å². The van der Waals surface area contributed by atoms with Crippen LogP contribution in [0.5, 0.6) is 5.88 Å². The van der Waals surface area contributed by atoms with Crippen LogP contribution in [0.15, 0.2) is 6.07 Å². The maximum atomic E-state index is 5.67. The Balaban J connectivity index is 3.21. The monoisotopic (exact) mass is 192 g/mol. The van der Waals surface area contributed by atoms with E-state index in [9.17, 15) is 0 Å². The Labute approximate surface area is 74.1 Å². The van der Waals surface area contributed by atoms with Crippen LogP contribution in [-0.4, -0.2) is 12.1 Å². The van der Waals surface area contributed by atoms with Crippen molar-refractivity contribution in [3.05, 3.63) is 16.1 Å². The molecule has 1 rings (SSSR count). The van der Waals surface area contributed by atoms with Crippen molar-refractivity contribution in [2.75, 3.05) is 12.8 Å². The minimum absolute atomic E-state index is 0.216. The van der Waals surface area contributed by atoms with Crippen LogP contribution in [0.1, 0.15) is 0 Å². The third kappa shape index (κ3) is 1.67. The first-order chi connectivity index (χ1) is 5.15. The largest absolute Gasteiger partial charge is 0.480 e. The van der Waals surface area contributed by atoms with Crippen LogP contribution in [0.4, 0.5) is 5.82 Å². The van der Waals surface area contributed by atoms with Gasteiger partial charge in [-0.05, 0) is 6.07 Å². The molecule has 0 unspecified atom stereocenters. The van der Waals surface area contributed by atoms with E-state index in [1.165, 1.54) is 13.2 Å². The van der Waals surface area contributed by atoms with Crippen molar-refractivity contribution in [3.8, 4) is 5.88 Å². The molecule has 11 heavy (non-hydrogen) atoms. The zero-order valence-corrected chi connectivity index (χ0v) is 7.28. The van der Waals surface area contributed by atoms with Crippen molar-refractivity contribution >= 4 is 29.0 Å². The van der Waals surface area contributed by atoms with Gasteiger partial charge in [0.05, 0.1) is 12.1 Å². The van der Waals surface area contributed by atoms with Crippen LogP contribution >= 0.6 is 23.2 Å². The molecule has 5 heteroatoms. The normalized spacial score (nSPS) is 9.73. The molecule has 60 valence electrons. The van der Waals surface area contributed by atoms with E-state index in [0.29, 0.717) is 10.0 Å². The minimum atomic E-state index is 0.216. The van der Waals surface area contributed by atoms with Gasteiger partial charge in [0.2, 0.25) is 5.88 Å². The number of aromatic nitrogens is 1. The Morgan fingerprint density at radius 2 is 2.09 bits per heavy atom. The van der Waals surface area contributed by atoms with E-state index < -0.39 is 0 Å². The maximum absolute atomic E-state index is 5.67. The molecule has 0 fully saturated rings. The van der Waals surface area contributed by atoms with Crippen LogP contribution in [-0.2, 0) is 0 Å². The molecule has 0 aromatic carbocycles. The summed E-state index contributed by atoms with van der Waals surface area (Å²) in [4.78, 5) is 3.78. The predicted octanol–water partition coefficient (Wildman–Crippen LogP) is 1.98. The van der Waals surface area contributed by atoms with Gasteiger partial charge in [-0.3, -0.25) is 0 Å². The number of pyridine rings is 1. The lowest BCUT2D eigenvalue weighted by molar-refractivity contribution is 0.399. The lowest BCUT2D eigenvalue weighted by Crippen LogP contribution is -1.95. The molecule has 0 amide bonds. The van der Waals surface area contributed by atoms with Crippen molar-refractivity contribution in [3.63, 3.8) is 0 Å². The van der Waals surface area contributed by atoms with Gasteiger partial charge in [-0.1, -0.05) is 23.2 Å². The summed E-state index contributed by atoms with van der Waals surface area (Å²) < 4.78 is 4.80. The molecule has 0 aliphatic carbocycles. The molecule has 1 aromatic heterocycles. The Bertz CT molecular complexity index is 278. The molecular formula is C6H6Cl2N2O. The van der Waals surface area contributed by atoms with Gasteiger partial charge < -0.3 is 10.5 Å². The van der Waals surface area contributed by atoms with Gasteiger partial charge in [-0.15, -0.1) is 0 Å². The van der Waals surface area contributed by atoms with Gasteiger partial charge in [-0.25, -0.2) is 0 Å². The summed E-state index contributed by atoms with van der Waals surface area (Å²) in [6.45, 7) is 0. The second kappa shape index (κ2) is 3.15. The molecule has 0 saturated heterocycles. The molecule has 0 spiro atoms. The first kappa shape index (κ1) is 8.43. The van der Waals surface area contributed by atoms with Crippen LogP contribution in [0.3, 0.4) is 0 Å². The smallest absolute Gasteiger partial charge is 0.234 e. The number of methoxy groups -OCH3 is 1. The highest BCUT2D eigenvalue weighted by Gasteiger charge is 2.05. The molecule has 1 heterocycles.